The van der Waals surface area contributed by atoms with Crippen molar-refractivity contribution in [2.75, 3.05) is 13.7 Å². The van der Waals surface area contributed by atoms with E-state index >= 15 is 0 Å². The third-order valence-corrected chi connectivity index (χ3v) is 3.67. The highest BCUT2D eigenvalue weighted by molar-refractivity contribution is 5.27. The normalized spacial score (nSPS) is 17.5. The molecule has 0 spiro atoms. The SMILES string of the molecule is CNC(C)Cc1ccc(OCC2CCC2)cc1. The molecule has 0 aliphatic heterocycles. The average Bonchev–Trinajstić information content (AvgIpc) is 2.29. The Balaban J connectivity index is 1.79. The summed E-state index contributed by atoms with van der Waals surface area (Å²) in [6.07, 6.45) is 5.14. The molecule has 1 unspecified atom stereocenters. The van der Waals surface area contributed by atoms with Gasteiger partial charge < -0.3 is 10.1 Å². The van der Waals surface area contributed by atoms with Crippen molar-refractivity contribution < 1.29 is 4.74 Å². The number of hydrogen-bond donors (Lipinski definition) is 1. The Morgan fingerprint density at radius 2 is 2.00 bits per heavy atom. The maximum atomic E-state index is 5.78. The van der Waals surface area contributed by atoms with E-state index in [1.165, 1.54) is 24.8 Å². The van der Waals surface area contributed by atoms with Crippen LogP contribution in [0.2, 0.25) is 0 Å². The molecule has 0 aromatic heterocycles. The molecular formula is C15H23NO. The van der Waals surface area contributed by atoms with Gasteiger partial charge in [-0.05, 0) is 56.8 Å². The molecule has 0 saturated heterocycles. The molecule has 1 fully saturated rings. The van der Waals surface area contributed by atoms with Crippen molar-refractivity contribution in [2.24, 2.45) is 5.92 Å². The van der Waals surface area contributed by atoms with Crippen LogP contribution in [-0.4, -0.2) is 19.7 Å². The molecule has 0 radical (unpaired) electrons. The van der Waals surface area contributed by atoms with Crippen molar-refractivity contribution >= 4 is 0 Å². The molecule has 0 amide bonds. The summed E-state index contributed by atoms with van der Waals surface area (Å²) in [5.41, 5.74) is 1.36. The van der Waals surface area contributed by atoms with Gasteiger partial charge in [-0.3, -0.25) is 0 Å². The Morgan fingerprint density at radius 1 is 1.29 bits per heavy atom. The van der Waals surface area contributed by atoms with Crippen molar-refractivity contribution in [3.8, 4) is 5.75 Å². The summed E-state index contributed by atoms with van der Waals surface area (Å²) in [5.74, 6) is 1.82. The fourth-order valence-electron chi connectivity index (χ4n) is 2.05. The zero-order valence-electron chi connectivity index (χ0n) is 10.9. The van der Waals surface area contributed by atoms with E-state index < -0.39 is 0 Å². The summed E-state index contributed by atoms with van der Waals surface area (Å²) in [5, 5.41) is 3.25. The molecular weight excluding hydrogens is 210 g/mol. The Bertz CT molecular complexity index is 329. The molecule has 17 heavy (non-hydrogen) atoms. The highest BCUT2D eigenvalue weighted by atomic mass is 16.5. The maximum absolute atomic E-state index is 5.78. The minimum absolute atomic E-state index is 0.525. The molecule has 2 rings (SSSR count). The van der Waals surface area contributed by atoms with Gasteiger partial charge in [-0.1, -0.05) is 18.6 Å². The van der Waals surface area contributed by atoms with Crippen molar-refractivity contribution in [1.29, 1.82) is 0 Å². The lowest BCUT2D eigenvalue weighted by Gasteiger charge is -2.25. The van der Waals surface area contributed by atoms with Gasteiger partial charge in [-0.2, -0.15) is 0 Å². The predicted molar refractivity (Wildman–Crippen MR) is 71.5 cm³/mol. The number of nitrogens with one attached hydrogen (secondary N) is 1. The standard InChI is InChI=1S/C15H23NO/c1-12(16-2)10-13-6-8-15(9-7-13)17-11-14-4-3-5-14/h6-9,12,14,16H,3-5,10-11H2,1-2H3. The van der Waals surface area contributed by atoms with Gasteiger partial charge in [0.2, 0.25) is 0 Å². The van der Waals surface area contributed by atoms with E-state index in [9.17, 15) is 0 Å². The third-order valence-electron chi connectivity index (χ3n) is 3.67. The lowest BCUT2D eigenvalue weighted by Crippen LogP contribution is -2.23. The van der Waals surface area contributed by atoms with Gasteiger partial charge in [0.15, 0.2) is 0 Å². The highest BCUT2D eigenvalue weighted by Gasteiger charge is 2.17. The molecule has 1 N–H and O–H groups in total. The average molecular weight is 233 g/mol. The van der Waals surface area contributed by atoms with Crippen molar-refractivity contribution in [2.45, 2.75) is 38.6 Å². The Hall–Kier alpha value is -1.02. The van der Waals surface area contributed by atoms with E-state index in [0.717, 1.165) is 24.7 Å². The molecule has 1 aromatic rings. The van der Waals surface area contributed by atoms with Gasteiger partial charge in [0.1, 0.15) is 5.75 Å². The van der Waals surface area contributed by atoms with Crippen molar-refractivity contribution in [3.63, 3.8) is 0 Å². The first kappa shape index (κ1) is 12.4. The molecule has 0 heterocycles. The van der Waals surface area contributed by atoms with Gasteiger partial charge in [-0.15, -0.1) is 0 Å². The van der Waals surface area contributed by atoms with E-state index in [1.54, 1.807) is 0 Å². The quantitative estimate of drug-likeness (QED) is 0.815. The second-order valence-electron chi connectivity index (χ2n) is 5.15. The fraction of sp³-hybridized carbons (Fsp3) is 0.600. The number of likely N-dealkylation sites (N-methyl/N-ethyl adjacent to an activating group) is 1. The minimum atomic E-state index is 0.525. The van der Waals surface area contributed by atoms with Crippen LogP contribution in [0.5, 0.6) is 5.75 Å². The predicted octanol–water partition coefficient (Wildman–Crippen LogP) is 3.02. The first-order valence-corrected chi connectivity index (χ1v) is 6.67. The molecule has 0 bridgehead atoms. The van der Waals surface area contributed by atoms with E-state index in [1.807, 2.05) is 7.05 Å². The fourth-order valence-corrected chi connectivity index (χ4v) is 2.05. The highest BCUT2D eigenvalue weighted by Crippen LogP contribution is 2.27. The first-order valence-electron chi connectivity index (χ1n) is 6.67. The first-order chi connectivity index (χ1) is 8.28. The largest absolute Gasteiger partial charge is 0.493 e. The van der Waals surface area contributed by atoms with E-state index in [2.05, 4.69) is 36.5 Å². The smallest absolute Gasteiger partial charge is 0.119 e. The summed E-state index contributed by atoms with van der Waals surface area (Å²) >= 11 is 0. The molecule has 2 heteroatoms. The van der Waals surface area contributed by atoms with E-state index in [4.69, 9.17) is 4.74 Å². The van der Waals surface area contributed by atoms with Crippen LogP contribution >= 0.6 is 0 Å². The lowest BCUT2D eigenvalue weighted by molar-refractivity contribution is 0.180. The number of hydrogen-bond acceptors (Lipinski definition) is 2. The van der Waals surface area contributed by atoms with Crippen LogP contribution in [0.1, 0.15) is 31.7 Å². The zero-order chi connectivity index (χ0) is 12.1. The topological polar surface area (TPSA) is 21.3 Å². The monoisotopic (exact) mass is 233 g/mol. The van der Waals surface area contributed by atoms with Crippen LogP contribution in [0.25, 0.3) is 0 Å². The van der Waals surface area contributed by atoms with Gasteiger partial charge in [0, 0.05) is 6.04 Å². The summed E-state index contributed by atoms with van der Waals surface area (Å²) in [6, 6.07) is 9.05. The Kier molecular flexibility index (Phi) is 4.43. The molecule has 1 aromatic carbocycles. The summed E-state index contributed by atoms with van der Waals surface area (Å²) in [6.45, 7) is 3.09. The van der Waals surface area contributed by atoms with Gasteiger partial charge >= 0.3 is 0 Å². The molecule has 1 aliphatic carbocycles. The Labute approximate surface area is 104 Å². The summed E-state index contributed by atoms with van der Waals surface area (Å²) in [4.78, 5) is 0. The number of ether oxygens (including phenoxy) is 1. The van der Waals surface area contributed by atoms with Crippen LogP contribution in [0, 0.1) is 5.92 Å². The van der Waals surface area contributed by atoms with Crippen LogP contribution in [0.3, 0.4) is 0 Å². The maximum Gasteiger partial charge on any atom is 0.119 e. The molecule has 1 saturated carbocycles. The van der Waals surface area contributed by atoms with Crippen LogP contribution in [-0.2, 0) is 6.42 Å². The zero-order valence-corrected chi connectivity index (χ0v) is 10.9. The van der Waals surface area contributed by atoms with Crippen LogP contribution < -0.4 is 10.1 Å². The van der Waals surface area contributed by atoms with Crippen molar-refractivity contribution in [1.82, 2.24) is 5.32 Å². The van der Waals surface area contributed by atoms with Gasteiger partial charge in [-0.25, -0.2) is 0 Å². The van der Waals surface area contributed by atoms with Crippen LogP contribution in [0.15, 0.2) is 24.3 Å². The Morgan fingerprint density at radius 3 is 2.53 bits per heavy atom. The third kappa shape index (κ3) is 3.74. The molecule has 1 atom stereocenters. The number of benzene rings is 1. The number of rotatable bonds is 6. The minimum Gasteiger partial charge on any atom is -0.493 e. The van der Waals surface area contributed by atoms with Gasteiger partial charge in [0.05, 0.1) is 6.61 Å². The van der Waals surface area contributed by atoms with Crippen LogP contribution in [0.4, 0.5) is 0 Å². The molecule has 2 nitrogen and oxygen atoms in total. The summed E-state index contributed by atoms with van der Waals surface area (Å²) < 4.78 is 5.78. The van der Waals surface area contributed by atoms with E-state index in [-0.39, 0.29) is 0 Å². The van der Waals surface area contributed by atoms with E-state index in [0.29, 0.717) is 6.04 Å². The second-order valence-corrected chi connectivity index (χ2v) is 5.15. The van der Waals surface area contributed by atoms with Crippen molar-refractivity contribution in [3.05, 3.63) is 29.8 Å². The summed E-state index contributed by atoms with van der Waals surface area (Å²) in [7, 11) is 2.00. The molecule has 94 valence electrons. The van der Waals surface area contributed by atoms with Gasteiger partial charge in [0.25, 0.3) is 0 Å². The molecule has 1 aliphatic rings. The lowest BCUT2D eigenvalue weighted by atomic mass is 9.86. The second kappa shape index (κ2) is 6.06.